The van der Waals surface area contributed by atoms with Gasteiger partial charge in [-0.2, -0.15) is 13.2 Å². The molecule has 5 heteroatoms. The fraction of sp³-hybridized carbons (Fsp3) is 1.00. The first-order valence-corrected chi connectivity index (χ1v) is 7.02. The maximum absolute atomic E-state index is 12.0. The molecule has 0 unspecified atom stereocenters. The average Bonchev–Trinajstić information content (AvgIpc) is 2.69. The second-order valence-electron chi connectivity index (χ2n) is 6.73. The van der Waals surface area contributed by atoms with Crippen LogP contribution < -0.4 is 5.32 Å². The lowest BCUT2D eigenvalue weighted by Gasteiger charge is -2.33. The van der Waals surface area contributed by atoms with Crippen LogP contribution in [0.15, 0.2) is 0 Å². The zero-order valence-electron chi connectivity index (χ0n) is 12.2. The fourth-order valence-corrected chi connectivity index (χ4v) is 2.57. The molecule has 0 heterocycles. The highest BCUT2D eigenvalue weighted by atomic mass is 19.4. The summed E-state index contributed by atoms with van der Waals surface area (Å²) in [5, 5.41) is 3.48. The molecule has 0 aromatic rings. The van der Waals surface area contributed by atoms with E-state index in [1.54, 1.807) is 0 Å². The summed E-state index contributed by atoms with van der Waals surface area (Å²) in [7, 11) is 0. The van der Waals surface area contributed by atoms with Crippen molar-refractivity contribution in [1.29, 1.82) is 0 Å². The van der Waals surface area contributed by atoms with Gasteiger partial charge in [-0.15, -0.1) is 0 Å². The van der Waals surface area contributed by atoms with Crippen molar-refractivity contribution in [3.05, 3.63) is 0 Å². The minimum atomic E-state index is -4.22. The smallest absolute Gasteiger partial charge is 0.372 e. The average molecular weight is 281 g/mol. The van der Waals surface area contributed by atoms with Crippen LogP contribution in [0.1, 0.15) is 52.9 Å². The number of alkyl halides is 3. The molecule has 0 aromatic carbocycles. The van der Waals surface area contributed by atoms with Gasteiger partial charge in [-0.05, 0) is 45.4 Å². The lowest BCUT2D eigenvalue weighted by Crippen LogP contribution is -2.43. The Bertz CT molecular complexity index is 265. The van der Waals surface area contributed by atoms with Gasteiger partial charge in [-0.25, -0.2) is 0 Å². The number of halogens is 3. The van der Waals surface area contributed by atoms with Gasteiger partial charge in [0.25, 0.3) is 0 Å². The minimum Gasteiger partial charge on any atom is -0.372 e. The number of nitrogens with one attached hydrogen (secondary N) is 1. The number of hydrogen-bond acceptors (Lipinski definition) is 2. The zero-order chi connectivity index (χ0) is 14.6. The molecule has 0 atom stereocenters. The summed E-state index contributed by atoms with van der Waals surface area (Å²) < 4.78 is 40.8. The van der Waals surface area contributed by atoms with Crippen LogP contribution in [-0.2, 0) is 4.74 Å². The van der Waals surface area contributed by atoms with E-state index in [9.17, 15) is 13.2 Å². The van der Waals surface area contributed by atoms with E-state index in [1.165, 1.54) is 12.8 Å². The molecule has 1 rings (SSSR count). The predicted octanol–water partition coefficient (Wildman–Crippen LogP) is 3.90. The molecule has 1 N–H and O–H groups in total. The van der Waals surface area contributed by atoms with Gasteiger partial charge in [0, 0.05) is 18.7 Å². The van der Waals surface area contributed by atoms with Crippen LogP contribution in [0.5, 0.6) is 0 Å². The number of rotatable bonds is 6. The molecular formula is C14H26F3NO. The summed E-state index contributed by atoms with van der Waals surface area (Å²) >= 11 is 0. The molecule has 0 radical (unpaired) electrons. The Kier molecular flexibility index (Phi) is 5.68. The van der Waals surface area contributed by atoms with Crippen LogP contribution >= 0.6 is 0 Å². The topological polar surface area (TPSA) is 21.3 Å². The summed E-state index contributed by atoms with van der Waals surface area (Å²) in [5.74, 6) is 0. The molecule has 19 heavy (non-hydrogen) atoms. The molecule has 1 aliphatic rings. The predicted molar refractivity (Wildman–Crippen MR) is 70.1 cm³/mol. The summed E-state index contributed by atoms with van der Waals surface area (Å²) in [4.78, 5) is 0. The Labute approximate surface area is 114 Å². The molecule has 114 valence electrons. The molecule has 0 aromatic heterocycles. The van der Waals surface area contributed by atoms with E-state index in [-0.39, 0.29) is 17.6 Å². The summed E-state index contributed by atoms with van der Waals surface area (Å²) in [6.45, 7) is 6.26. The lowest BCUT2D eigenvalue weighted by molar-refractivity contribution is -0.175. The van der Waals surface area contributed by atoms with Crippen LogP contribution in [0, 0.1) is 5.41 Å². The zero-order valence-corrected chi connectivity index (χ0v) is 12.2. The normalized spacial score (nSPS) is 19.9. The molecule has 0 aliphatic heterocycles. The third kappa shape index (κ3) is 7.16. The summed E-state index contributed by atoms with van der Waals surface area (Å²) in [5.41, 5.74) is 0.168. The molecule has 0 amide bonds. The third-order valence-electron chi connectivity index (χ3n) is 3.70. The number of hydrogen-bond donors (Lipinski definition) is 1. The van der Waals surface area contributed by atoms with Gasteiger partial charge in [0.2, 0.25) is 0 Å². The highest BCUT2D eigenvalue weighted by molar-refractivity contribution is 4.88. The number of ether oxygens (including phenoxy) is 1. The van der Waals surface area contributed by atoms with E-state index in [0.717, 1.165) is 19.4 Å². The SMILES string of the molecule is CC(C)(C)NCC1(CCOCC(F)(F)F)CCCC1. The molecule has 0 bridgehead atoms. The summed E-state index contributed by atoms with van der Waals surface area (Å²) in [6.07, 6.45) is 1.02. The Balaban J connectivity index is 2.35. The van der Waals surface area contributed by atoms with Gasteiger partial charge in [0.1, 0.15) is 6.61 Å². The fourth-order valence-electron chi connectivity index (χ4n) is 2.57. The molecule has 2 nitrogen and oxygen atoms in total. The highest BCUT2D eigenvalue weighted by Gasteiger charge is 2.35. The quantitative estimate of drug-likeness (QED) is 0.745. The van der Waals surface area contributed by atoms with Crippen molar-refractivity contribution in [2.45, 2.75) is 64.6 Å². The van der Waals surface area contributed by atoms with Gasteiger partial charge >= 0.3 is 6.18 Å². The largest absolute Gasteiger partial charge is 0.411 e. The Morgan fingerprint density at radius 3 is 2.16 bits per heavy atom. The third-order valence-corrected chi connectivity index (χ3v) is 3.70. The monoisotopic (exact) mass is 281 g/mol. The van der Waals surface area contributed by atoms with Gasteiger partial charge in [0.15, 0.2) is 0 Å². The molecule has 0 spiro atoms. The summed E-state index contributed by atoms with van der Waals surface area (Å²) in [6, 6.07) is 0. The standard InChI is InChI=1S/C14H26F3NO/c1-12(2,3)18-10-13(6-4-5-7-13)8-9-19-11-14(15,16)17/h18H,4-11H2,1-3H3. The second-order valence-corrected chi connectivity index (χ2v) is 6.73. The van der Waals surface area contributed by atoms with E-state index in [1.807, 2.05) is 0 Å². The van der Waals surface area contributed by atoms with Crippen LogP contribution in [0.25, 0.3) is 0 Å². The van der Waals surface area contributed by atoms with Crippen molar-refractivity contribution in [3.63, 3.8) is 0 Å². The van der Waals surface area contributed by atoms with Crippen molar-refractivity contribution < 1.29 is 17.9 Å². The Morgan fingerprint density at radius 2 is 1.68 bits per heavy atom. The van der Waals surface area contributed by atoms with Crippen molar-refractivity contribution in [2.24, 2.45) is 5.41 Å². The van der Waals surface area contributed by atoms with Crippen LogP contribution in [0.2, 0.25) is 0 Å². The van der Waals surface area contributed by atoms with Gasteiger partial charge in [-0.3, -0.25) is 0 Å². The molecule has 1 saturated carbocycles. The first-order valence-electron chi connectivity index (χ1n) is 7.02. The van der Waals surface area contributed by atoms with Crippen LogP contribution in [0.3, 0.4) is 0 Å². The van der Waals surface area contributed by atoms with Crippen molar-refractivity contribution in [2.75, 3.05) is 19.8 Å². The highest BCUT2D eigenvalue weighted by Crippen LogP contribution is 2.41. The van der Waals surface area contributed by atoms with E-state index < -0.39 is 12.8 Å². The molecule has 1 fully saturated rings. The van der Waals surface area contributed by atoms with E-state index >= 15 is 0 Å². The van der Waals surface area contributed by atoms with Gasteiger partial charge in [-0.1, -0.05) is 12.8 Å². The second kappa shape index (κ2) is 6.44. The lowest BCUT2D eigenvalue weighted by atomic mass is 9.82. The van der Waals surface area contributed by atoms with Crippen molar-refractivity contribution in [1.82, 2.24) is 5.32 Å². The maximum Gasteiger partial charge on any atom is 0.411 e. The van der Waals surface area contributed by atoms with Crippen LogP contribution in [-0.4, -0.2) is 31.5 Å². The van der Waals surface area contributed by atoms with Crippen LogP contribution in [0.4, 0.5) is 13.2 Å². The minimum absolute atomic E-state index is 0.0441. The Hall–Kier alpha value is -0.290. The first kappa shape index (κ1) is 16.8. The van der Waals surface area contributed by atoms with E-state index in [4.69, 9.17) is 4.74 Å². The van der Waals surface area contributed by atoms with E-state index in [0.29, 0.717) is 6.42 Å². The first-order chi connectivity index (χ1) is 8.62. The van der Waals surface area contributed by atoms with Crippen molar-refractivity contribution in [3.8, 4) is 0 Å². The van der Waals surface area contributed by atoms with Gasteiger partial charge in [0.05, 0.1) is 0 Å². The maximum atomic E-state index is 12.0. The van der Waals surface area contributed by atoms with Gasteiger partial charge < -0.3 is 10.1 Å². The molecular weight excluding hydrogens is 255 g/mol. The molecule has 0 saturated heterocycles. The van der Waals surface area contributed by atoms with E-state index in [2.05, 4.69) is 26.1 Å². The van der Waals surface area contributed by atoms with Crippen molar-refractivity contribution >= 4 is 0 Å². The molecule has 1 aliphatic carbocycles. The Morgan fingerprint density at radius 1 is 1.11 bits per heavy atom.